The van der Waals surface area contributed by atoms with Crippen LogP contribution >= 0.6 is 0 Å². The highest BCUT2D eigenvalue weighted by molar-refractivity contribution is 5.30. The first kappa shape index (κ1) is 15.7. The van der Waals surface area contributed by atoms with Crippen LogP contribution in [0.4, 0.5) is 4.39 Å². The van der Waals surface area contributed by atoms with Gasteiger partial charge in [0, 0.05) is 6.04 Å². The predicted molar refractivity (Wildman–Crippen MR) is 86.9 cm³/mol. The van der Waals surface area contributed by atoms with E-state index in [0.29, 0.717) is 12.0 Å². The van der Waals surface area contributed by atoms with Crippen molar-refractivity contribution in [1.29, 1.82) is 0 Å². The number of nitrogens with two attached hydrogens (primary N) is 1. The first-order valence-electron chi connectivity index (χ1n) is 7.38. The number of hydrogen-bond donors (Lipinski definition) is 1. The van der Waals surface area contributed by atoms with E-state index in [9.17, 15) is 4.39 Å². The number of halogens is 1. The van der Waals surface area contributed by atoms with E-state index in [1.54, 1.807) is 19.1 Å². The Kier molecular flexibility index (Phi) is 4.48. The second-order valence-electron chi connectivity index (χ2n) is 6.77. The number of aryl methyl sites for hydroxylation is 1. The molecule has 0 aliphatic rings. The van der Waals surface area contributed by atoms with Gasteiger partial charge in [-0.1, -0.05) is 57.2 Å². The van der Waals surface area contributed by atoms with Crippen molar-refractivity contribution in [3.8, 4) is 0 Å². The summed E-state index contributed by atoms with van der Waals surface area (Å²) in [6, 6.07) is 13.6. The maximum absolute atomic E-state index is 13.6. The van der Waals surface area contributed by atoms with Crippen molar-refractivity contribution in [1.82, 2.24) is 0 Å². The number of hydrogen-bond acceptors (Lipinski definition) is 1. The molecule has 1 nitrogen and oxygen atoms in total. The molecule has 2 aromatic carbocycles. The summed E-state index contributed by atoms with van der Waals surface area (Å²) >= 11 is 0. The van der Waals surface area contributed by atoms with Gasteiger partial charge < -0.3 is 5.73 Å². The molecule has 0 aliphatic heterocycles. The van der Waals surface area contributed by atoms with Gasteiger partial charge in [-0.3, -0.25) is 0 Å². The summed E-state index contributed by atoms with van der Waals surface area (Å²) in [7, 11) is 0. The van der Waals surface area contributed by atoms with E-state index in [1.165, 1.54) is 11.1 Å². The fourth-order valence-electron chi connectivity index (χ4n) is 2.35. The smallest absolute Gasteiger partial charge is 0.126 e. The minimum Gasteiger partial charge on any atom is -0.324 e. The lowest BCUT2D eigenvalue weighted by Crippen LogP contribution is -2.14. The van der Waals surface area contributed by atoms with Crippen LogP contribution in [0.25, 0.3) is 0 Å². The zero-order chi connectivity index (χ0) is 15.6. The number of rotatable bonds is 3. The van der Waals surface area contributed by atoms with Crippen molar-refractivity contribution in [3.63, 3.8) is 0 Å². The number of benzene rings is 2. The lowest BCUT2D eigenvalue weighted by atomic mass is 9.86. The Morgan fingerprint density at radius 3 is 2.19 bits per heavy atom. The molecule has 0 spiro atoms. The van der Waals surface area contributed by atoms with E-state index in [0.717, 1.165) is 5.56 Å². The zero-order valence-corrected chi connectivity index (χ0v) is 13.3. The SMILES string of the molecule is Cc1ccc(C(N)Cc2ccc(C(C)(C)C)cc2)cc1F. The van der Waals surface area contributed by atoms with Crippen molar-refractivity contribution in [2.45, 2.75) is 45.6 Å². The third-order valence-electron chi connectivity index (χ3n) is 3.90. The Morgan fingerprint density at radius 1 is 1.05 bits per heavy atom. The highest BCUT2D eigenvalue weighted by Gasteiger charge is 2.14. The molecule has 1 atom stereocenters. The van der Waals surface area contributed by atoms with E-state index < -0.39 is 0 Å². The molecule has 0 saturated heterocycles. The van der Waals surface area contributed by atoms with Crippen LogP contribution in [0.1, 0.15) is 49.1 Å². The van der Waals surface area contributed by atoms with E-state index >= 15 is 0 Å². The summed E-state index contributed by atoms with van der Waals surface area (Å²) in [6.45, 7) is 8.35. The average Bonchev–Trinajstić information content (AvgIpc) is 2.41. The molecule has 0 aromatic heterocycles. The van der Waals surface area contributed by atoms with Gasteiger partial charge in [0.15, 0.2) is 0 Å². The molecule has 1 unspecified atom stereocenters. The Balaban J connectivity index is 2.12. The topological polar surface area (TPSA) is 26.0 Å². The third kappa shape index (κ3) is 3.92. The van der Waals surface area contributed by atoms with Gasteiger partial charge in [0.25, 0.3) is 0 Å². The Morgan fingerprint density at radius 2 is 1.67 bits per heavy atom. The molecule has 2 heteroatoms. The second kappa shape index (κ2) is 5.98. The van der Waals surface area contributed by atoms with Crippen molar-refractivity contribution >= 4 is 0 Å². The molecule has 2 rings (SSSR count). The van der Waals surface area contributed by atoms with Crippen LogP contribution in [0.15, 0.2) is 42.5 Å². The highest BCUT2D eigenvalue weighted by atomic mass is 19.1. The van der Waals surface area contributed by atoms with Crippen molar-refractivity contribution in [2.24, 2.45) is 5.73 Å². The maximum Gasteiger partial charge on any atom is 0.126 e. The highest BCUT2D eigenvalue weighted by Crippen LogP contribution is 2.24. The lowest BCUT2D eigenvalue weighted by molar-refractivity contribution is 0.589. The van der Waals surface area contributed by atoms with Gasteiger partial charge >= 0.3 is 0 Å². The first-order chi connectivity index (χ1) is 9.77. The molecule has 21 heavy (non-hydrogen) atoms. The Labute approximate surface area is 127 Å². The van der Waals surface area contributed by atoms with Gasteiger partial charge in [0.2, 0.25) is 0 Å². The van der Waals surface area contributed by atoms with Crippen LogP contribution in [-0.4, -0.2) is 0 Å². The van der Waals surface area contributed by atoms with Crippen molar-refractivity contribution in [2.75, 3.05) is 0 Å². The van der Waals surface area contributed by atoms with E-state index in [1.807, 2.05) is 6.07 Å². The quantitative estimate of drug-likeness (QED) is 0.871. The Bertz CT molecular complexity index is 608. The Hall–Kier alpha value is -1.67. The molecular formula is C19H24FN. The van der Waals surface area contributed by atoms with Crippen LogP contribution in [0.2, 0.25) is 0 Å². The monoisotopic (exact) mass is 285 g/mol. The van der Waals surface area contributed by atoms with Crippen molar-refractivity contribution in [3.05, 3.63) is 70.5 Å². The molecule has 0 bridgehead atoms. The van der Waals surface area contributed by atoms with Crippen LogP contribution in [0.3, 0.4) is 0 Å². The summed E-state index contributed by atoms with van der Waals surface area (Å²) in [5, 5.41) is 0. The van der Waals surface area contributed by atoms with E-state index in [-0.39, 0.29) is 17.3 Å². The normalized spacial score (nSPS) is 13.2. The van der Waals surface area contributed by atoms with Gasteiger partial charge in [-0.2, -0.15) is 0 Å². The van der Waals surface area contributed by atoms with Crippen LogP contribution in [0, 0.1) is 12.7 Å². The minimum absolute atomic E-state index is 0.154. The van der Waals surface area contributed by atoms with E-state index in [4.69, 9.17) is 5.73 Å². The summed E-state index contributed by atoms with van der Waals surface area (Å²) in [5.41, 5.74) is 10.3. The van der Waals surface area contributed by atoms with Gasteiger partial charge in [0.05, 0.1) is 0 Å². The van der Waals surface area contributed by atoms with Crippen LogP contribution in [-0.2, 0) is 11.8 Å². The van der Waals surface area contributed by atoms with Crippen LogP contribution < -0.4 is 5.73 Å². The van der Waals surface area contributed by atoms with Crippen molar-refractivity contribution < 1.29 is 4.39 Å². The third-order valence-corrected chi connectivity index (χ3v) is 3.90. The fourth-order valence-corrected chi connectivity index (χ4v) is 2.35. The molecule has 2 N–H and O–H groups in total. The molecule has 2 aromatic rings. The molecule has 0 amide bonds. The standard InChI is InChI=1S/C19H24FN/c1-13-5-8-15(12-17(13)20)18(21)11-14-6-9-16(10-7-14)19(2,3)4/h5-10,12,18H,11,21H2,1-4H3. The molecule has 0 saturated carbocycles. The van der Waals surface area contributed by atoms with Gasteiger partial charge in [0.1, 0.15) is 5.82 Å². The van der Waals surface area contributed by atoms with Gasteiger partial charge in [-0.05, 0) is 47.1 Å². The van der Waals surface area contributed by atoms with Crippen LogP contribution in [0.5, 0.6) is 0 Å². The largest absolute Gasteiger partial charge is 0.324 e. The maximum atomic E-state index is 13.6. The summed E-state index contributed by atoms with van der Waals surface area (Å²) < 4.78 is 13.6. The van der Waals surface area contributed by atoms with Gasteiger partial charge in [-0.25, -0.2) is 4.39 Å². The first-order valence-corrected chi connectivity index (χ1v) is 7.38. The predicted octanol–water partition coefficient (Wildman–Crippen LogP) is 4.67. The average molecular weight is 285 g/mol. The van der Waals surface area contributed by atoms with Gasteiger partial charge in [-0.15, -0.1) is 0 Å². The van der Waals surface area contributed by atoms with E-state index in [2.05, 4.69) is 45.0 Å². The molecule has 112 valence electrons. The molecule has 0 aliphatic carbocycles. The summed E-state index contributed by atoms with van der Waals surface area (Å²) in [5.74, 6) is -0.189. The zero-order valence-electron chi connectivity index (χ0n) is 13.3. The summed E-state index contributed by atoms with van der Waals surface area (Å²) in [4.78, 5) is 0. The lowest BCUT2D eigenvalue weighted by Gasteiger charge is -2.20. The second-order valence-corrected chi connectivity index (χ2v) is 6.77. The molecule has 0 fully saturated rings. The molecule has 0 heterocycles. The minimum atomic E-state index is -0.189. The molecule has 0 radical (unpaired) electrons. The summed E-state index contributed by atoms with van der Waals surface area (Å²) in [6.07, 6.45) is 0.715. The fraction of sp³-hybridized carbons (Fsp3) is 0.368. The molecular weight excluding hydrogens is 261 g/mol.